The lowest BCUT2D eigenvalue weighted by molar-refractivity contribution is 0.0869. The van der Waals surface area contributed by atoms with Crippen LogP contribution in [0, 0.1) is 0 Å². The van der Waals surface area contributed by atoms with Gasteiger partial charge in [0.1, 0.15) is 5.82 Å². The molecule has 2 heterocycles. The summed E-state index contributed by atoms with van der Waals surface area (Å²) in [4.78, 5) is 18.8. The van der Waals surface area contributed by atoms with Crippen molar-refractivity contribution in [3.63, 3.8) is 0 Å². The van der Waals surface area contributed by atoms with Gasteiger partial charge in [0.2, 0.25) is 0 Å². The van der Waals surface area contributed by atoms with Gasteiger partial charge in [-0.3, -0.25) is 4.79 Å². The van der Waals surface area contributed by atoms with Gasteiger partial charge >= 0.3 is 0 Å². The number of pyridine rings is 1. The van der Waals surface area contributed by atoms with Crippen molar-refractivity contribution >= 4 is 17.4 Å². The van der Waals surface area contributed by atoms with E-state index in [0.717, 1.165) is 18.8 Å². The van der Waals surface area contributed by atoms with Crippen molar-refractivity contribution in [1.29, 1.82) is 0 Å². The molecule has 0 radical (unpaired) electrons. The highest BCUT2D eigenvalue weighted by Gasteiger charge is 2.22. The van der Waals surface area contributed by atoms with E-state index in [4.69, 9.17) is 0 Å². The van der Waals surface area contributed by atoms with Crippen molar-refractivity contribution in [3.05, 3.63) is 53.7 Å². The third-order valence-corrected chi connectivity index (χ3v) is 4.02. The highest BCUT2D eigenvalue weighted by atomic mass is 16.3. The summed E-state index contributed by atoms with van der Waals surface area (Å²) < 4.78 is 0. The Morgan fingerprint density at radius 1 is 1.30 bits per heavy atom. The number of benzene rings is 1. The zero-order valence-electron chi connectivity index (χ0n) is 13.4. The monoisotopic (exact) mass is 311 g/mol. The highest BCUT2D eigenvalue weighted by Crippen LogP contribution is 2.32. The first-order valence-electron chi connectivity index (χ1n) is 7.75. The SMILES string of the molecule is CC(C)(CO)NC(=O)c1ccc(N2CCc3ccccc32)nc1. The molecule has 1 aliphatic heterocycles. The number of nitrogens with zero attached hydrogens (tertiary/aromatic N) is 2. The number of carbonyl (C=O) groups is 1. The number of aliphatic hydroxyl groups excluding tert-OH is 1. The largest absolute Gasteiger partial charge is 0.394 e. The molecule has 120 valence electrons. The van der Waals surface area contributed by atoms with Crippen LogP contribution in [0.5, 0.6) is 0 Å². The minimum Gasteiger partial charge on any atom is -0.394 e. The van der Waals surface area contributed by atoms with Gasteiger partial charge in [-0.25, -0.2) is 4.98 Å². The predicted molar refractivity (Wildman–Crippen MR) is 90.0 cm³/mol. The Kier molecular flexibility index (Phi) is 4.05. The predicted octanol–water partition coefficient (Wildman–Crippen LogP) is 2.28. The summed E-state index contributed by atoms with van der Waals surface area (Å²) in [6.07, 6.45) is 2.59. The van der Waals surface area contributed by atoms with Crippen LogP contribution in [0.3, 0.4) is 0 Å². The summed E-state index contributed by atoms with van der Waals surface area (Å²) >= 11 is 0. The summed E-state index contributed by atoms with van der Waals surface area (Å²) in [6.45, 7) is 4.33. The first kappa shape index (κ1) is 15.5. The molecule has 2 N–H and O–H groups in total. The van der Waals surface area contributed by atoms with E-state index in [1.807, 2.05) is 18.2 Å². The summed E-state index contributed by atoms with van der Waals surface area (Å²) in [5.41, 5.74) is 2.34. The fraction of sp³-hybridized carbons (Fsp3) is 0.333. The average Bonchev–Trinajstić information content (AvgIpc) is 2.98. The van der Waals surface area contributed by atoms with Crippen LogP contribution in [0.4, 0.5) is 11.5 Å². The van der Waals surface area contributed by atoms with Gasteiger partial charge in [-0.15, -0.1) is 0 Å². The number of rotatable bonds is 4. The van der Waals surface area contributed by atoms with Crippen LogP contribution in [0.15, 0.2) is 42.6 Å². The van der Waals surface area contributed by atoms with Crippen molar-refractivity contribution in [3.8, 4) is 0 Å². The second kappa shape index (κ2) is 6.01. The maximum absolute atomic E-state index is 12.2. The lowest BCUT2D eigenvalue weighted by Gasteiger charge is -2.23. The van der Waals surface area contributed by atoms with E-state index in [0.29, 0.717) is 5.56 Å². The second-order valence-corrected chi connectivity index (χ2v) is 6.43. The minimum absolute atomic E-state index is 0.116. The third kappa shape index (κ3) is 3.19. The van der Waals surface area contributed by atoms with Crippen molar-refractivity contribution < 1.29 is 9.90 Å². The summed E-state index contributed by atoms with van der Waals surface area (Å²) in [7, 11) is 0. The molecule has 2 aromatic rings. The number of para-hydroxylation sites is 1. The van der Waals surface area contributed by atoms with E-state index >= 15 is 0 Å². The Bertz CT molecular complexity index is 710. The Balaban J connectivity index is 1.77. The molecule has 1 amide bonds. The van der Waals surface area contributed by atoms with Crippen LogP contribution in [-0.2, 0) is 6.42 Å². The molecule has 0 fully saturated rings. The van der Waals surface area contributed by atoms with Crippen LogP contribution in [0.25, 0.3) is 0 Å². The maximum atomic E-state index is 12.2. The Hall–Kier alpha value is -2.40. The van der Waals surface area contributed by atoms with E-state index < -0.39 is 5.54 Å². The standard InChI is InChI=1S/C18H21N3O2/c1-18(2,12-22)20-17(23)14-7-8-16(19-11-14)21-10-9-13-5-3-4-6-15(13)21/h3-8,11,22H,9-10,12H2,1-2H3,(H,20,23). The molecule has 0 atom stereocenters. The highest BCUT2D eigenvalue weighted by molar-refractivity contribution is 5.94. The van der Waals surface area contributed by atoms with Gasteiger partial charge in [-0.2, -0.15) is 0 Å². The number of nitrogens with one attached hydrogen (secondary N) is 1. The van der Waals surface area contributed by atoms with Gasteiger partial charge in [-0.1, -0.05) is 18.2 Å². The van der Waals surface area contributed by atoms with Gasteiger partial charge in [0, 0.05) is 18.4 Å². The van der Waals surface area contributed by atoms with Crippen molar-refractivity contribution in [2.24, 2.45) is 0 Å². The summed E-state index contributed by atoms with van der Waals surface area (Å²) in [5, 5.41) is 12.0. The molecule has 0 unspecified atom stereocenters. The topological polar surface area (TPSA) is 65.5 Å². The number of hydrogen-bond acceptors (Lipinski definition) is 4. The Labute approximate surface area is 136 Å². The van der Waals surface area contributed by atoms with Gasteiger partial charge in [0.15, 0.2) is 0 Å². The fourth-order valence-electron chi connectivity index (χ4n) is 2.68. The molecular weight excluding hydrogens is 290 g/mol. The van der Waals surface area contributed by atoms with E-state index in [1.54, 1.807) is 26.1 Å². The second-order valence-electron chi connectivity index (χ2n) is 6.43. The van der Waals surface area contributed by atoms with E-state index in [-0.39, 0.29) is 12.5 Å². The quantitative estimate of drug-likeness (QED) is 0.909. The lowest BCUT2D eigenvalue weighted by atomic mass is 10.1. The maximum Gasteiger partial charge on any atom is 0.253 e. The van der Waals surface area contributed by atoms with Crippen LogP contribution in [-0.4, -0.2) is 34.7 Å². The molecule has 0 spiro atoms. The van der Waals surface area contributed by atoms with Gasteiger partial charge in [-0.05, 0) is 44.0 Å². The first-order valence-corrected chi connectivity index (χ1v) is 7.75. The molecule has 0 saturated carbocycles. The lowest BCUT2D eigenvalue weighted by Crippen LogP contribution is -2.46. The molecule has 0 bridgehead atoms. The molecule has 0 saturated heterocycles. The number of carbonyl (C=O) groups excluding carboxylic acids is 1. The molecule has 23 heavy (non-hydrogen) atoms. The Morgan fingerprint density at radius 3 is 2.78 bits per heavy atom. The van der Waals surface area contributed by atoms with Gasteiger partial charge in [0.25, 0.3) is 5.91 Å². The smallest absolute Gasteiger partial charge is 0.253 e. The molecule has 5 nitrogen and oxygen atoms in total. The van der Waals surface area contributed by atoms with E-state index in [9.17, 15) is 9.90 Å². The van der Waals surface area contributed by atoms with Crippen LogP contribution < -0.4 is 10.2 Å². The van der Waals surface area contributed by atoms with Crippen LogP contribution in [0.1, 0.15) is 29.8 Å². The Morgan fingerprint density at radius 2 is 2.09 bits per heavy atom. The average molecular weight is 311 g/mol. The molecule has 3 rings (SSSR count). The van der Waals surface area contributed by atoms with Crippen molar-refractivity contribution in [2.45, 2.75) is 25.8 Å². The van der Waals surface area contributed by atoms with Crippen molar-refractivity contribution in [2.75, 3.05) is 18.1 Å². The normalized spacial score (nSPS) is 13.8. The minimum atomic E-state index is -0.649. The molecule has 1 aromatic carbocycles. The molecule has 1 aliphatic rings. The number of amides is 1. The number of anilines is 2. The number of hydrogen-bond donors (Lipinski definition) is 2. The molecule has 0 aliphatic carbocycles. The van der Waals surface area contributed by atoms with E-state index in [2.05, 4.69) is 27.3 Å². The number of aromatic nitrogens is 1. The van der Waals surface area contributed by atoms with Gasteiger partial charge < -0.3 is 15.3 Å². The van der Waals surface area contributed by atoms with Gasteiger partial charge in [0.05, 0.1) is 17.7 Å². The number of aliphatic hydroxyl groups is 1. The molecule has 5 heteroatoms. The van der Waals surface area contributed by atoms with Crippen LogP contribution in [0.2, 0.25) is 0 Å². The molecule has 1 aromatic heterocycles. The van der Waals surface area contributed by atoms with Crippen LogP contribution >= 0.6 is 0 Å². The third-order valence-electron chi connectivity index (χ3n) is 4.02. The van der Waals surface area contributed by atoms with E-state index in [1.165, 1.54) is 11.3 Å². The first-order chi connectivity index (χ1) is 11.0. The van der Waals surface area contributed by atoms with Crippen molar-refractivity contribution in [1.82, 2.24) is 10.3 Å². The molecular formula is C18H21N3O2. The zero-order valence-corrected chi connectivity index (χ0v) is 13.4. The number of fused-ring (bicyclic) bond motifs is 1. The summed E-state index contributed by atoms with van der Waals surface area (Å²) in [5.74, 6) is 0.609. The summed E-state index contributed by atoms with van der Waals surface area (Å²) in [6, 6.07) is 11.9. The fourth-order valence-corrected chi connectivity index (χ4v) is 2.68. The zero-order chi connectivity index (χ0) is 16.4.